The van der Waals surface area contributed by atoms with E-state index in [-0.39, 0.29) is 0 Å². The average Bonchev–Trinajstić information content (AvgIpc) is 2.01. The van der Waals surface area contributed by atoms with Crippen LogP contribution in [-0.4, -0.2) is 60.6 Å². The van der Waals surface area contributed by atoms with Gasteiger partial charge in [0.25, 0.3) is 11.8 Å². The molecule has 0 atom stereocenters. The molecule has 0 aromatic heterocycles. The number of hydrogen-bond acceptors (Lipinski definition) is 3. The number of hydrogen-bond donors (Lipinski definition) is 0. The van der Waals surface area contributed by atoms with E-state index in [4.69, 9.17) is 4.84 Å². The van der Waals surface area contributed by atoms with E-state index in [1.165, 1.54) is 13.8 Å². The summed E-state index contributed by atoms with van der Waals surface area (Å²) >= 11 is 0. The summed E-state index contributed by atoms with van der Waals surface area (Å²) in [6, 6.07) is 0.403. The van der Waals surface area contributed by atoms with E-state index < -0.39 is 11.8 Å². The van der Waals surface area contributed by atoms with Crippen molar-refractivity contribution in [3.8, 4) is 0 Å². The molecule has 0 aliphatic rings. The van der Waals surface area contributed by atoms with Crippen molar-refractivity contribution >= 4 is 17.8 Å². The molecule has 6 nitrogen and oxygen atoms in total. The van der Waals surface area contributed by atoms with Crippen molar-refractivity contribution in [3.63, 3.8) is 0 Å². The quantitative estimate of drug-likeness (QED) is 0.237. The lowest BCUT2D eigenvalue weighted by Gasteiger charge is -2.18. The number of imide groups is 1. The molecule has 0 spiro atoms. The summed E-state index contributed by atoms with van der Waals surface area (Å²) in [5.41, 5.74) is 0. The highest BCUT2D eigenvalue weighted by molar-refractivity contribution is 5.92. The Morgan fingerprint density at radius 3 is 1.67 bits per heavy atom. The third kappa shape index (κ3) is 3.97. The summed E-state index contributed by atoms with van der Waals surface area (Å²) in [6.45, 7) is 2.54. The summed E-state index contributed by atoms with van der Waals surface area (Å²) in [7, 11) is 7.03. The zero-order valence-electron chi connectivity index (χ0n) is 10.1. The molecule has 86 valence electrons. The maximum absolute atomic E-state index is 11.1. The molecule has 6 heteroatoms. The SMILES string of the molecule is CC(=O)N(OC(N(C)C)=[N+](C)C)C(C)=O. The van der Waals surface area contributed by atoms with E-state index >= 15 is 0 Å². The topological polar surface area (TPSA) is 52.9 Å². The molecular weight excluding hydrogens is 198 g/mol. The minimum Gasteiger partial charge on any atom is -0.292 e. The summed E-state index contributed by atoms with van der Waals surface area (Å²) in [4.78, 5) is 29.1. The number of amides is 2. The number of carbonyl (C=O) groups excluding carboxylic acids is 2. The molecular formula is C9H18N3O3+. The van der Waals surface area contributed by atoms with Crippen molar-refractivity contribution in [1.82, 2.24) is 9.96 Å². The summed E-state index contributed by atoms with van der Waals surface area (Å²) in [6.07, 6.45) is 0. The monoisotopic (exact) mass is 216 g/mol. The first-order valence-electron chi connectivity index (χ1n) is 4.48. The second kappa shape index (κ2) is 5.33. The molecule has 0 aliphatic carbocycles. The fourth-order valence-corrected chi connectivity index (χ4v) is 0.995. The maximum Gasteiger partial charge on any atom is 0.470 e. The fourth-order valence-electron chi connectivity index (χ4n) is 0.995. The third-order valence-corrected chi connectivity index (χ3v) is 1.51. The fraction of sp³-hybridized carbons (Fsp3) is 0.667. The van der Waals surface area contributed by atoms with E-state index in [2.05, 4.69) is 0 Å². The second-order valence-corrected chi connectivity index (χ2v) is 3.50. The Morgan fingerprint density at radius 2 is 1.47 bits per heavy atom. The number of carbonyl (C=O) groups is 2. The first-order valence-corrected chi connectivity index (χ1v) is 4.48. The molecule has 0 unspecified atom stereocenters. The minimum atomic E-state index is -0.455. The molecule has 0 radical (unpaired) electrons. The van der Waals surface area contributed by atoms with Crippen LogP contribution in [0.25, 0.3) is 0 Å². The van der Waals surface area contributed by atoms with E-state index in [9.17, 15) is 9.59 Å². The third-order valence-electron chi connectivity index (χ3n) is 1.51. The standard InChI is InChI=1S/C9H18N3O3/c1-7(13)12(8(2)14)15-9(10(3)4)11(5)6/h1-6H3/q+1. The van der Waals surface area contributed by atoms with Crippen LogP contribution in [0.2, 0.25) is 0 Å². The zero-order chi connectivity index (χ0) is 12.2. The second-order valence-electron chi connectivity index (χ2n) is 3.50. The van der Waals surface area contributed by atoms with Crippen molar-refractivity contribution in [3.05, 3.63) is 0 Å². The first kappa shape index (κ1) is 13.4. The van der Waals surface area contributed by atoms with Gasteiger partial charge in [0.2, 0.25) is 0 Å². The van der Waals surface area contributed by atoms with Crippen molar-refractivity contribution in [2.24, 2.45) is 0 Å². The molecule has 0 aromatic rings. The minimum absolute atomic E-state index is 0.403. The predicted molar refractivity (Wildman–Crippen MR) is 55.1 cm³/mol. The Bertz CT molecular complexity index is 279. The Kier molecular flexibility index (Phi) is 4.77. The van der Waals surface area contributed by atoms with Gasteiger partial charge in [-0.15, -0.1) is 0 Å². The predicted octanol–water partition coefficient (Wildman–Crippen LogP) is -0.497. The van der Waals surface area contributed by atoms with E-state index in [1.807, 2.05) is 0 Å². The Balaban J connectivity index is 4.88. The molecule has 0 aromatic carbocycles. The lowest BCUT2D eigenvalue weighted by Crippen LogP contribution is -2.42. The van der Waals surface area contributed by atoms with Gasteiger partial charge in [-0.1, -0.05) is 5.06 Å². The van der Waals surface area contributed by atoms with Gasteiger partial charge in [-0.3, -0.25) is 14.4 Å². The number of amidine groups is 1. The van der Waals surface area contributed by atoms with Crippen LogP contribution < -0.4 is 0 Å². The van der Waals surface area contributed by atoms with Crippen LogP contribution in [0.5, 0.6) is 0 Å². The molecule has 0 bridgehead atoms. The smallest absolute Gasteiger partial charge is 0.292 e. The highest BCUT2D eigenvalue weighted by atomic mass is 16.7. The Morgan fingerprint density at radius 1 is 1.07 bits per heavy atom. The molecule has 0 heterocycles. The van der Waals surface area contributed by atoms with Crippen LogP contribution in [0.1, 0.15) is 13.8 Å². The molecule has 0 fully saturated rings. The lowest BCUT2D eigenvalue weighted by atomic mass is 10.6. The molecule has 15 heavy (non-hydrogen) atoms. The molecule has 0 rings (SSSR count). The molecule has 0 aliphatic heterocycles. The van der Waals surface area contributed by atoms with Crippen LogP contribution in [0, 0.1) is 0 Å². The van der Waals surface area contributed by atoms with Gasteiger partial charge < -0.3 is 0 Å². The van der Waals surface area contributed by atoms with Gasteiger partial charge in [0.05, 0.1) is 28.2 Å². The van der Waals surface area contributed by atoms with Gasteiger partial charge in [-0.25, -0.2) is 9.48 Å². The molecule has 2 amide bonds. The zero-order valence-corrected chi connectivity index (χ0v) is 10.1. The van der Waals surface area contributed by atoms with Crippen LogP contribution >= 0.6 is 0 Å². The van der Waals surface area contributed by atoms with Crippen molar-refractivity contribution < 1.29 is 19.0 Å². The van der Waals surface area contributed by atoms with Crippen molar-refractivity contribution in [2.75, 3.05) is 28.2 Å². The molecule has 0 N–H and O–H groups in total. The van der Waals surface area contributed by atoms with E-state index in [0.717, 1.165) is 5.06 Å². The van der Waals surface area contributed by atoms with E-state index in [1.54, 1.807) is 37.7 Å². The summed E-state index contributed by atoms with van der Waals surface area (Å²) in [5, 5.41) is 0.718. The number of rotatable bonds is 0. The highest BCUT2D eigenvalue weighted by Gasteiger charge is 2.24. The average molecular weight is 216 g/mol. The Hall–Kier alpha value is -1.59. The van der Waals surface area contributed by atoms with Crippen molar-refractivity contribution in [2.45, 2.75) is 13.8 Å². The molecule has 0 saturated heterocycles. The summed E-state index contributed by atoms with van der Waals surface area (Å²) < 4.78 is 1.67. The Labute approximate surface area is 89.7 Å². The van der Waals surface area contributed by atoms with Crippen LogP contribution in [0.3, 0.4) is 0 Å². The van der Waals surface area contributed by atoms with Gasteiger partial charge in [0.1, 0.15) is 0 Å². The van der Waals surface area contributed by atoms with Gasteiger partial charge >= 0.3 is 6.02 Å². The highest BCUT2D eigenvalue weighted by Crippen LogP contribution is 1.96. The van der Waals surface area contributed by atoms with Gasteiger partial charge in [-0.05, 0) is 0 Å². The van der Waals surface area contributed by atoms with E-state index in [0.29, 0.717) is 6.02 Å². The van der Waals surface area contributed by atoms with Crippen molar-refractivity contribution in [1.29, 1.82) is 0 Å². The number of nitrogens with zero attached hydrogens (tertiary/aromatic N) is 3. The maximum atomic E-state index is 11.1. The van der Waals surface area contributed by atoms with Crippen LogP contribution in [0.15, 0.2) is 0 Å². The van der Waals surface area contributed by atoms with Gasteiger partial charge in [0.15, 0.2) is 0 Å². The van der Waals surface area contributed by atoms with Crippen LogP contribution in [0.4, 0.5) is 0 Å². The first-order chi connectivity index (χ1) is 6.77. The van der Waals surface area contributed by atoms with Gasteiger partial charge in [-0.2, -0.15) is 0 Å². The van der Waals surface area contributed by atoms with Gasteiger partial charge in [0, 0.05) is 13.8 Å². The summed E-state index contributed by atoms with van der Waals surface area (Å²) in [5.74, 6) is -0.910. The lowest BCUT2D eigenvalue weighted by molar-refractivity contribution is -0.484. The molecule has 0 saturated carbocycles. The normalized spacial score (nSPS) is 9.20. The largest absolute Gasteiger partial charge is 0.470 e. The number of hydroxylamine groups is 2. The van der Waals surface area contributed by atoms with Crippen LogP contribution in [-0.2, 0) is 14.4 Å².